The third-order valence-electron chi connectivity index (χ3n) is 3.94. The fourth-order valence-corrected chi connectivity index (χ4v) is 2.90. The van der Waals surface area contributed by atoms with Crippen molar-refractivity contribution in [3.05, 3.63) is 34.9 Å². The van der Waals surface area contributed by atoms with Crippen LogP contribution in [0.3, 0.4) is 0 Å². The van der Waals surface area contributed by atoms with Gasteiger partial charge in [-0.1, -0.05) is 6.07 Å². The second kappa shape index (κ2) is 5.79. The van der Waals surface area contributed by atoms with Gasteiger partial charge >= 0.3 is 5.69 Å². The minimum absolute atomic E-state index is 0.232. The maximum absolute atomic E-state index is 12.4. The Balaban J connectivity index is 1.81. The number of nitrogens with one attached hydrogen (secondary N) is 1. The van der Waals surface area contributed by atoms with E-state index < -0.39 is 5.69 Å². The van der Waals surface area contributed by atoms with Gasteiger partial charge in [0.2, 0.25) is 0 Å². The number of hydrogen-bond donors (Lipinski definition) is 1. The zero-order valence-corrected chi connectivity index (χ0v) is 12.0. The predicted molar refractivity (Wildman–Crippen MR) is 78.6 cm³/mol. The lowest BCUT2D eigenvalue weighted by molar-refractivity contribution is 0.0818. The fraction of sp³-hybridized carbons (Fsp3) is 0.500. The van der Waals surface area contributed by atoms with Gasteiger partial charge in [0.05, 0.1) is 6.54 Å². The number of likely N-dealkylation sites (tertiary alicyclic amines) is 1. The Labute approximate surface area is 122 Å². The summed E-state index contributed by atoms with van der Waals surface area (Å²) in [5.74, 6) is -0.272. The molecule has 21 heavy (non-hydrogen) atoms. The van der Waals surface area contributed by atoms with Gasteiger partial charge in [0.1, 0.15) is 0 Å². The van der Waals surface area contributed by atoms with Gasteiger partial charge in [-0.05, 0) is 38.6 Å². The van der Waals surface area contributed by atoms with Crippen LogP contribution in [0.15, 0.2) is 29.2 Å². The number of hydrogen-bond acceptors (Lipinski definition) is 5. The molecule has 3 rings (SSSR count). The summed E-state index contributed by atoms with van der Waals surface area (Å²) in [5, 5.41) is 7.24. The van der Waals surface area contributed by atoms with Crippen LogP contribution in [0.1, 0.15) is 17.6 Å². The minimum Gasteiger partial charge on any atom is -0.318 e. The average molecular weight is 289 g/mol. The summed E-state index contributed by atoms with van der Waals surface area (Å²) < 4.78 is 2.36. The van der Waals surface area contributed by atoms with Crippen molar-refractivity contribution in [3.63, 3.8) is 0 Å². The number of likely N-dealkylation sites (N-methyl/N-ethyl adjacent to an activating group) is 1. The SMILES string of the molecule is CNCC1CCCN1CC(=O)n1nc2ccccn2c1=O. The van der Waals surface area contributed by atoms with Crippen molar-refractivity contribution >= 4 is 11.6 Å². The Hall–Kier alpha value is -1.99. The monoisotopic (exact) mass is 289 g/mol. The van der Waals surface area contributed by atoms with E-state index in [4.69, 9.17) is 0 Å². The predicted octanol–water partition coefficient (Wildman–Crippen LogP) is -0.180. The molecule has 1 saturated heterocycles. The molecule has 0 spiro atoms. The smallest absolute Gasteiger partial charge is 0.318 e. The molecule has 0 saturated carbocycles. The Kier molecular flexibility index (Phi) is 3.85. The number of fused-ring (bicyclic) bond motifs is 1. The van der Waals surface area contributed by atoms with Crippen LogP contribution in [0.2, 0.25) is 0 Å². The van der Waals surface area contributed by atoms with E-state index in [0.29, 0.717) is 11.7 Å². The fourth-order valence-electron chi connectivity index (χ4n) is 2.90. The van der Waals surface area contributed by atoms with Crippen molar-refractivity contribution in [2.75, 3.05) is 26.7 Å². The zero-order valence-electron chi connectivity index (χ0n) is 12.0. The van der Waals surface area contributed by atoms with Gasteiger partial charge in [0.15, 0.2) is 5.65 Å². The summed E-state index contributed by atoms with van der Waals surface area (Å²) in [5.41, 5.74) is 0.0870. The highest BCUT2D eigenvalue weighted by molar-refractivity contribution is 5.80. The standard InChI is InChI=1S/C14H19N5O2/c1-15-9-11-5-4-7-17(11)10-13(20)19-14(21)18-8-3-2-6-12(18)16-19/h2-3,6,8,11,15H,4-5,7,9-10H2,1H3. The normalized spacial score (nSPS) is 19.4. The van der Waals surface area contributed by atoms with E-state index in [0.717, 1.165) is 30.6 Å². The van der Waals surface area contributed by atoms with E-state index in [-0.39, 0.29) is 12.5 Å². The third kappa shape index (κ3) is 2.62. The minimum atomic E-state index is -0.403. The second-order valence-electron chi connectivity index (χ2n) is 5.34. The number of rotatable bonds is 4. The van der Waals surface area contributed by atoms with Crippen LogP contribution in [0, 0.1) is 0 Å². The van der Waals surface area contributed by atoms with Crippen LogP contribution in [0.5, 0.6) is 0 Å². The van der Waals surface area contributed by atoms with Gasteiger partial charge in [-0.25, -0.2) is 9.20 Å². The Bertz CT molecular complexity index is 705. The summed E-state index contributed by atoms with van der Waals surface area (Å²) in [4.78, 5) is 26.6. The highest BCUT2D eigenvalue weighted by atomic mass is 16.2. The quantitative estimate of drug-likeness (QED) is 0.845. The molecule has 1 fully saturated rings. The first-order valence-electron chi connectivity index (χ1n) is 7.19. The molecule has 112 valence electrons. The van der Waals surface area contributed by atoms with Crippen molar-refractivity contribution in [2.45, 2.75) is 18.9 Å². The van der Waals surface area contributed by atoms with Crippen molar-refractivity contribution in [3.8, 4) is 0 Å². The highest BCUT2D eigenvalue weighted by Crippen LogP contribution is 2.15. The van der Waals surface area contributed by atoms with Crippen LogP contribution in [0.4, 0.5) is 0 Å². The highest BCUT2D eigenvalue weighted by Gasteiger charge is 2.27. The maximum Gasteiger partial charge on any atom is 0.357 e. The lowest BCUT2D eigenvalue weighted by Gasteiger charge is -2.22. The zero-order chi connectivity index (χ0) is 14.8. The molecule has 7 nitrogen and oxygen atoms in total. The molecule has 3 heterocycles. The van der Waals surface area contributed by atoms with E-state index in [1.165, 1.54) is 4.40 Å². The van der Waals surface area contributed by atoms with Gasteiger partial charge < -0.3 is 5.32 Å². The van der Waals surface area contributed by atoms with E-state index in [1.807, 2.05) is 7.05 Å². The number of pyridine rings is 1. The van der Waals surface area contributed by atoms with Crippen molar-refractivity contribution in [2.24, 2.45) is 0 Å². The molecule has 1 unspecified atom stereocenters. The molecule has 0 aromatic carbocycles. The molecular weight excluding hydrogens is 270 g/mol. The second-order valence-corrected chi connectivity index (χ2v) is 5.34. The molecule has 0 amide bonds. The van der Waals surface area contributed by atoms with Gasteiger partial charge in [0, 0.05) is 18.8 Å². The Morgan fingerprint density at radius 1 is 1.48 bits per heavy atom. The molecule has 0 bridgehead atoms. The molecule has 2 aromatic heterocycles. The first-order valence-corrected chi connectivity index (χ1v) is 7.19. The number of nitrogens with zero attached hydrogens (tertiary/aromatic N) is 4. The first kappa shape index (κ1) is 14.0. The molecule has 1 aliphatic rings. The van der Waals surface area contributed by atoms with Gasteiger partial charge in [0.25, 0.3) is 5.91 Å². The van der Waals surface area contributed by atoms with E-state index >= 15 is 0 Å². The van der Waals surface area contributed by atoms with Crippen molar-refractivity contribution in [1.82, 2.24) is 24.4 Å². The van der Waals surface area contributed by atoms with Gasteiger partial charge in [-0.3, -0.25) is 9.69 Å². The van der Waals surface area contributed by atoms with Gasteiger partial charge in [-0.2, -0.15) is 0 Å². The molecule has 0 radical (unpaired) electrons. The number of carbonyl (C=O) groups is 1. The number of aromatic nitrogens is 3. The lowest BCUT2D eigenvalue weighted by Crippen LogP contribution is -2.43. The summed E-state index contributed by atoms with van der Waals surface area (Å²) in [6, 6.07) is 5.60. The van der Waals surface area contributed by atoms with Crippen LogP contribution in [-0.4, -0.2) is 57.7 Å². The topological polar surface area (TPSA) is 71.6 Å². The largest absolute Gasteiger partial charge is 0.357 e. The summed E-state index contributed by atoms with van der Waals surface area (Å²) >= 11 is 0. The average Bonchev–Trinajstić information content (AvgIpc) is 3.05. The molecule has 1 aliphatic heterocycles. The van der Waals surface area contributed by atoms with Crippen molar-refractivity contribution < 1.29 is 4.79 Å². The summed E-state index contributed by atoms with van der Waals surface area (Å²) in [6.07, 6.45) is 3.78. The van der Waals surface area contributed by atoms with E-state index in [2.05, 4.69) is 15.3 Å². The lowest BCUT2D eigenvalue weighted by atomic mass is 10.2. The Morgan fingerprint density at radius 2 is 2.33 bits per heavy atom. The third-order valence-corrected chi connectivity index (χ3v) is 3.94. The van der Waals surface area contributed by atoms with Crippen molar-refractivity contribution in [1.29, 1.82) is 0 Å². The summed E-state index contributed by atoms with van der Waals surface area (Å²) in [6.45, 7) is 1.98. The molecular formula is C14H19N5O2. The van der Waals surface area contributed by atoms with Gasteiger partial charge in [-0.15, -0.1) is 9.78 Å². The molecule has 1 N–H and O–H groups in total. The molecule has 7 heteroatoms. The van der Waals surface area contributed by atoms with Crippen LogP contribution in [-0.2, 0) is 0 Å². The van der Waals surface area contributed by atoms with E-state index in [1.54, 1.807) is 24.4 Å². The summed E-state index contributed by atoms with van der Waals surface area (Å²) in [7, 11) is 1.91. The van der Waals surface area contributed by atoms with Crippen LogP contribution in [0.25, 0.3) is 5.65 Å². The van der Waals surface area contributed by atoms with Crippen LogP contribution < -0.4 is 11.0 Å². The molecule has 2 aromatic rings. The first-order chi connectivity index (χ1) is 10.2. The number of carbonyl (C=O) groups excluding carboxylic acids is 1. The molecule has 0 aliphatic carbocycles. The Morgan fingerprint density at radius 3 is 3.10 bits per heavy atom. The van der Waals surface area contributed by atoms with Crippen LogP contribution >= 0.6 is 0 Å². The van der Waals surface area contributed by atoms with E-state index in [9.17, 15) is 9.59 Å². The molecule has 1 atom stereocenters. The maximum atomic E-state index is 12.4.